The van der Waals surface area contributed by atoms with Gasteiger partial charge in [0.2, 0.25) is 0 Å². The number of halogens is 2. The second-order valence-electron chi connectivity index (χ2n) is 2.91. The first kappa shape index (κ1) is 8.97. The zero-order chi connectivity index (χ0) is 9.42. The fourth-order valence-corrected chi connectivity index (χ4v) is 1.84. The topological polar surface area (TPSA) is 12.9 Å². The molecule has 0 atom stereocenters. The van der Waals surface area contributed by atoms with Crippen LogP contribution in [0.15, 0.2) is 28.9 Å². The van der Waals surface area contributed by atoms with Crippen molar-refractivity contribution in [2.45, 2.75) is 6.92 Å². The number of hydrogen-bond acceptors (Lipinski definition) is 1. The van der Waals surface area contributed by atoms with Crippen molar-refractivity contribution in [2.24, 2.45) is 0 Å². The van der Waals surface area contributed by atoms with Crippen molar-refractivity contribution >= 4 is 38.4 Å². The Bertz CT molecular complexity index is 468. The summed E-state index contributed by atoms with van der Waals surface area (Å²) >= 11 is 9.41. The van der Waals surface area contributed by atoms with Crippen LogP contribution < -0.4 is 0 Å². The predicted molar refractivity (Wildman–Crippen MR) is 59.2 cm³/mol. The van der Waals surface area contributed by atoms with Gasteiger partial charge >= 0.3 is 0 Å². The van der Waals surface area contributed by atoms with Crippen molar-refractivity contribution in [2.75, 3.05) is 0 Å². The van der Waals surface area contributed by atoms with Gasteiger partial charge in [0.05, 0.1) is 10.5 Å². The Morgan fingerprint density at radius 3 is 2.92 bits per heavy atom. The quantitative estimate of drug-likeness (QED) is 0.695. The third kappa shape index (κ3) is 1.56. The molecule has 0 fully saturated rings. The van der Waals surface area contributed by atoms with Crippen LogP contribution in [0.1, 0.15) is 5.56 Å². The summed E-state index contributed by atoms with van der Waals surface area (Å²) in [4.78, 5) is 4.31. The summed E-state index contributed by atoms with van der Waals surface area (Å²) < 4.78 is 0.951. The minimum Gasteiger partial charge on any atom is -0.255 e. The van der Waals surface area contributed by atoms with E-state index in [0.717, 1.165) is 26.0 Å². The van der Waals surface area contributed by atoms with Crippen molar-refractivity contribution in [1.29, 1.82) is 0 Å². The Hall–Kier alpha value is -0.600. The number of pyridine rings is 1. The molecule has 0 amide bonds. The second-order valence-corrected chi connectivity index (χ2v) is 4.24. The lowest BCUT2D eigenvalue weighted by atomic mass is 10.1. The van der Waals surface area contributed by atoms with E-state index >= 15 is 0 Å². The Labute approximate surface area is 89.9 Å². The zero-order valence-corrected chi connectivity index (χ0v) is 9.35. The summed E-state index contributed by atoms with van der Waals surface area (Å²) in [6.07, 6.45) is 1.78. The van der Waals surface area contributed by atoms with Gasteiger partial charge in [-0.25, -0.2) is 0 Å². The monoisotopic (exact) mass is 255 g/mol. The average Bonchev–Trinajstić information content (AvgIpc) is 2.12. The summed E-state index contributed by atoms with van der Waals surface area (Å²) in [5, 5.41) is 1.74. The zero-order valence-electron chi connectivity index (χ0n) is 7.01. The van der Waals surface area contributed by atoms with E-state index in [9.17, 15) is 0 Å². The van der Waals surface area contributed by atoms with Crippen LogP contribution >= 0.6 is 27.5 Å². The SMILES string of the molecule is Cc1ccc(Cl)c2cc(Br)cnc12. The van der Waals surface area contributed by atoms with Gasteiger partial charge < -0.3 is 0 Å². The lowest BCUT2D eigenvalue weighted by molar-refractivity contribution is 1.35. The maximum Gasteiger partial charge on any atom is 0.0746 e. The average molecular weight is 257 g/mol. The number of aromatic nitrogens is 1. The first-order valence-electron chi connectivity index (χ1n) is 3.89. The highest BCUT2D eigenvalue weighted by molar-refractivity contribution is 9.10. The minimum atomic E-state index is 0.745. The lowest BCUT2D eigenvalue weighted by Gasteiger charge is -2.02. The van der Waals surface area contributed by atoms with Crippen LogP contribution in [0.5, 0.6) is 0 Å². The third-order valence-electron chi connectivity index (χ3n) is 1.96. The second kappa shape index (κ2) is 3.28. The van der Waals surface area contributed by atoms with Gasteiger partial charge in [0.15, 0.2) is 0 Å². The molecular formula is C10H7BrClN. The van der Waals surface area contributed by atoms with Gasteiger partial charge in [-0.15, -0.1) is 0 Å². The van der Waals surface area contributed by atoms with E-state index in [1.54, 1.807) is 6.20 Å². The number of nitrogens with zero attached hydrogens (tertiary/aromatic N) is 1. The molecule has 0 aliphatic carbocycles. The molecule has 66 valence electrons. The first-order chi connectivity index (χ1) is 6.18. The van der Waals surface area contributed by atoms with Crippen LogP contribution in [0.2, 0.25) is 5.02 Å². The molecule has 0 unspecified atom stereocenters. The molecule has 0 aliphatic rings. The smallest absolute Gasteiger partial charge is 0.0746 e. The maximum atomic E-state index is 6.04. The molecule has 0 bridgehead atoms. The van der Waals surface area contributed by atoms with E-state index in [1.165, 1.54) is 0 Å². The molecule has 0 radical (unpaired) electrons. The fraction of sp³-hybridized carbons (Fsp3) is 0.100. The highest BCUT2D eigenvalue weighted by atomic mass is 79.9. The summed E-state index contributed by atoms with van der Waals surface area (Å²) in [7, 11) is 0. The lowest BCUT2D eigenvalue weighted by Crippen LogP contribution is -1.83. The van der Waals surface area contributed by atoms with Crippen LogP contribution in [0.25, 0.3) is 10.9 Å². The molecule has 1 aromatic heterocycles. The van der Waals surface area contributed by atoms with Gasteiger partial charge in [0.25, 0.3) is 0 Å². The molecule has 0 N–H and O–H groups in total. The van der Waals surface area contributed by atoms with Gasteiger partial charge in [-0.05, 0) is 40.5 Å². The molecule has 0 aliphatic heterocycles. The van der Waals surface area contributed by atoms with Gasteiger partial charge in [0.1, 0.15) is 0 Å². The van der Waals surface area contributed by atoms with Crippen molar-refractivity contribution in [1.82, 2.24) is 4.98 Å². The first-order valence-corrected chi connectivity index (χ1v) is 5.06. The Morgan fingerprint density at radius 1 is 1.38 bits per heavy atom. The molecule has 2 aromatic rings. The fourth-order valence-electron chi connectivity index (χ4n) is 1.30. The Morgan fingerprint density at radius 2 is 2.15 bits per heavy atom. The molecule has 2 rings (SSSR count). The summed E-state index contributed by atoms with van der Waals surface area (Å²) in [5.74, 6) is 0. The number of hydrogen-bond donors (Lipinski definition) is 0. The number of fused-ring (bicyclic) bond motifs is 1. The summed E-state index contributed by atoms with van der Waals surface area (Å²) in [6, 6.07) is 5.86. The van der Waals surface area contributed by atoms with Crippen molar-refractivity contribution in [3.8, 4) is 0 Å². The summed E-state index contributed by atoms with van der Waals surface area (Å²) in [5.41, 5.74) is 2.11. The Kier molecular flexibility index (Phi) is 2.26. The van der Waals surface area contributed by atoms with E-state index in [2.05, 4.69) is 20.9 Å². The number of benzene rings is 1. The predicted octanol–water partition coefficient (Wildman–Crippen LogP) is 3.96. The van der Waals surface area contributed by atoms with Crippen molar-refractivity contribution in [3.63, 3.8) is 0 Å². The molecule has 1 aromatic carbocycles. The molecule has 0 spiro atoms. The standard InChI is InChI=1S/C10H7BrClN/c1-6-2-3-9(12)8-4-7(11)5-13-10(6)8/h2-5H,1H3. The van der Waals surface area contributed by atoms with E-state index in [1.807, 2.05) is 25.1 Å². The van der Waals surface area contributed by atoms with Crippen LogP contribution in [0, 0.1) is 6.92 Å². The van der Waals surface area contributed by atoms with Gasteiger partial charge in [-0.2, -0.15) is 0 Å². The largest absolute Gasteiger partial charge is 0.255 e. The number of aryl methyl sites for hydroxylation is 1. The highest BCUT2D eigenvalue weighted by Crippen LogP contribution is 2.26. The van der Waals surface area contributed by atoms with E-state index in [4.69, 9.17) is 11.6 Å². The van der Waals surface area contributed by atoms with Crippen molar-refractivity contribution < 1.29 is 0 Å². The van der Waals surface area contributed by atoms with Crippen LogP contribution in [0.4, 0.5) is 0 Å². The maximum absolute atomic E-state index is 6.04. The van der Waals surface area contributed by atoms with E-state index in [0.29, 0.717) is 0 Å². The van der Waals surface area contributed by atoms with Gasteiger partial charge in [0, 0.05) is 16.1 Å². The summed E-state index contributed by atoms with van der Waals surface area (Å²) in [6.45, 7) is 2.03. The van der Waals surface area contributed by atoms with Crippen LogP contribution in [0.3, 0.4) is 0 Å². The van der Waals surface area contributed by atoms with Gasteiger partial charge in [-0.1, -0.05) is 17.7 Å². The Balaban J connectivity index is 2.92. The molecule has 1 nitrogen and oxygen atoms in total. The molecule has 3 heteroatoms. The van der Waals surface area contributed by atoms with Crippen LogP contribution in [-0.2, 0) is 0 Å². The normalized spacial score (nSPS) is 10.7. The van der Waals surface area contributed by atoms with E-state index < -0.39 is 0 Å². The van der Waals surface area contributed by atoms with Crippen LogP contribution in [-0.4, -0.2) is 4.98 Å². The molecule has 0 saturated carbocycles. The molecule has 1 heterocycles. The third-order valence-corrected chi connectivity index (χ3v) is 2.73. The highest BCUT2D eigenvalue weighted by Gasteiger charge is 2.02. The molecule has 0 saturated heterocycles. The van der Waals surface area contributed by atoms with Crippen molar-refractivity contribution in [3.05, 3.63) is 39.5 Å². The van der Waals surface area contributed by atoms with Gasteiger partial charge in [-0.3, -0.25) is 4.98 Å². The number of rotatable bonds is 0. The minimum absolute atomic E-state index is 0.745. The van der Waals surface area contributed by atoms with E-state index in [-0.39, 0.29) is 0 Å². The molecule has 13 heavy (non-hydrogen) atoms. The molecular weight excluding hydrogens is 249 g/mol.